The fourth-order valence-corrected chi connectivity index (χ4v) is 4.44. The maximum atomic E-state index is 12.8. The van der Waals surface area contributed by atoms with Crippen molar-refractivity contribution in [2.45, 2.75) is 24.7 Å². The molecule has 0 aliphatic heterocycles. The molecule has 0 bridgehead atoms. The molecule has 0 amide bonds. The molecule has 3 aromatic carbocycles. The van der Waals surface area contributed by atoms with Gasteiger partial charge in [-0.3, -0.25) is 4.79 Å². The lowest BCUT2D eigenvalue weighted by Crippen LogP contribution is -2.28. The lowest BCUT2D eigenvalue weighted by Gasteiger charge is -2.17. The molecule has 0 aliphatic rings. The number of ether oxygens (including phenoxy) is 1. The Kier molecular flexibility index (Phi) is 8.02. The molecule has 0 fully saturated rings. The zero-order valence-electron chi connectivity index (χ0n) is 19.6. The van der Waals surface area contributed by atoms with Crippen LogP contribution in [0.3, 0.4) is 0 Å². The van der Waals surface area contributed by atoms with Crippen LogP contribution in [0, 0.1) is 0 Å². The van der Waals surface area contributed by atoms with E-state index in [1.807, 2.05) is 60.7 Å². The van der Waals surface area contributed by atoms with E-state index in [4.69, 9.17) is 14.7 Å². The van der Waals surface area contributed by atoms with Crippen LogP contribution < -0.4 is 19.7 Å². The molecule has 1 aromatic heterocycles. The second-order valence-electron chi connectivity index (χ2n) is 8.01. The van der Waals surface area contributed by atoms with Gasteiger partial charge < -0.3 is 14.7 Å². The number of sulfonamides is 1. The van der Waals surface area contributed by atoms with E-state index in [9.17, 15) is 18.0 Å². The smallest absolute Gasteiger partial charge is 0.335 e. The maximum absolute atomic E-state index is 12.8. The van der Waals surface area contributed by atoms with E-state index >= 15 is 0 Å². The first-order valence-corrected chi connectivity index (χ1v) is 12.7. The van der Waals surface area contributed by atoms with E-state index in [1.54, 1.807) is 0 Å². The highest BCUT2D eigenvalue weighted by molar-refractivity contribution is 7.89. The van der Waals surface area contributed by atoms with Crippen molar-refractivity contribution in [3.8, 4) is 5.75 Å². The predicted molar refractivity (Wildman–Crippen MR) is 136 cm³/mol. The number of benzene rings is 3. The third kappa shape index (κ3) is 6.84. The van der Waals surface area contributed by atoms with Crippen molar-refractivity contribution in [3.05, 3.63) is 130 Å². The Balaban J connectivity index is 1.58. The van der Waals surface area contributed by atoms with Crippen molar-refractivity contribution in [2.75, 3.05) is 0 Å². The Morgan fingerprint density at radius 3 is 2.16 bits per heavy atom. The van der Waals surface area contributed by atoms with Gasteiger partial charge in [-0.25, -0.2) is 17.9 Å². The Bertz CT molecular complexity index is 1540. The molecule has 0 aliphatic carbocycles. The minimum atomic E-state index is -4.08. The summed E-state index contributed by atoms with van der Waals surface area (Å²) in [7, 11) is -4.08. The average molecular weight is 521 g/mol. The number of aromatic carboxylic acids is 1. The molecule has 0 radical (unpaired) electrons. The Hall–Kier alpha value is -4.41. The molecule has 2 N–H and O–H groups in total. The molecule has 0 saturated carbocycles. The fraction of sp³-hybridized carbons (Fsp3) is 0.111. The van der Waals surface area contributed by atoms with Gasteiger partial charge in [0.1, 0.15) is 13.2 Å². The number of carboxylic acid groups (broad SMARTS) is 1. The summed E-state index contributed by atoms with van der Waals surface area (Å²) in [5, 5.41) is 9.16. The van der Waals surface area contributed by atoms with Gasteiger partial charge in [-0.1, -0.05) is 66.7 Å². The summed E-state index contributed by atoms with van der Waals surface area (Å²) < 4.78 is 35.1. The molecule has 0 unspecified atom stereocenters. The van der Waals surface area contributed by atoms with Gasteiger partial charge in [-0.2, -0.15) is 4.73 Å². The number of nitrogens with zero attached hydrogens (tertiary/aromatic N) is 1. The highest BCUT2D eigenvalue weighted by Gasteiger charge is 2.18. The molecule has 0 atom stereocenters. The number of nitrogens with one attached hydrogen (secondary N) is 1. The normalized spacial score (nSPS) is 11.1. The molecular weight excluding hydrogens is 496 g/mol. The van der Waals surface area contributed by atoms with E-state index in [0.29, 0.717) is 0 Å². The van der Waals surface area contributed by atoms with E-state index in [0.717, 1.165) is 17.2 Å². The second-order valence-corrected chi connectivity index (χ2v) is 9.78. The molecule has 0 spiro atoms. The standard InChI is InChI=1S/C27H24N2O7S/c30-25-15-23(16-28-37(33,34)24-13-7-12-22(14-24)27(31)32)29(36-19-21-10-5-2-6-11-21)17-26(25)35-18-20-8-3-1-4-9-20/h1-15,17,28H,16,18-19H2,(H,31,32). The number of carboxylic acids is 1. The molecule has 37 heavy (non-hydrogen) atoms. The highest BCUT2D eigenvalue weighted by atomic mass is 32.2. The van der Waals surface area contributed by atoms with Crippen LogP contribution in [0.15, 0.2) is 107 Å². The molecule has 0 saturated heterocycles. The van der Waals surface area contributed by atoms with Crippen molar-refractivity contribution >= 4 is 16.0 Å². The molecule has 10 heteroatoms. The van der Waals surface area contributed by atoms with Crippen LogP contribution in [0.4, 0.5) is 0 Å². The number of aromatic nitrogens is 1. The fourth-order valence-electron chi connectivity index (χ4n) is 3.40. The van der Waals surface area contributed by atoms with Crippen molar-refractivity contribution in [3.63, 3.8) is 0 Å². The predicted octanol–water partition coefficient (Wildman–Crippen LogP) is 3.23. The Labute approximate surface area is 213 Å². The van der Waals surface area contributed by atoms with E-state index in [1.165, 1.54) is 35.2 Å². The summed E-state index contributed by atoms with van der Waals surface area (Å²) in [6.07, 6.45) is 1.38. The van der Waals surface area contributed by atoms with Gasteiger partial charge in [0.05, 0.1) is 28.9 Å². The van der Waals surface area contributed by atoms with Crippen LogP contribution >= 0.6 is 0 Å². The van der Waals surface area contributed by atoms with Crippen LogP contribution in [0.5, 0.6) is 5.75 Å². The summed E-state index contributed by atoms with van der Waals surface area (Å²) in [5.41, 5.74) is 1.36. The SMILES string of the molecule is O=C(O)c1cccc(S(=O)(=O)NCc2cc(=O)c(OCc3ccccc3)cn2OCc2ccccc2)c1. The van der Waals surface area contributed by atoms with E-state index < -0.39 is 21.4 Å². The van der Waals surface area contributed by atoms with Gasteiger partial charge >= 0.3 is 5.97 Å². The minimum absolute atomic E-state index is 0.0395. The summed E-state index contributed by atoms with van der Waals surface area (Å²) in [6, 6.07) is 24.9. The quantitative estimate of drug-likeness (QED) is 0.311. The number of hydrogen-bond donors (Lipinski definition) is 2. The highest BCUT2D eigenvalue weighted by Crippen LogP contribution is 2.14. The first-order chi connectivity index (χ1) is 17.8. The van der Waals surface area contributed by atoms with Gasteiger partial charge in [-0.15, -0.1) is 0 Å². The van der Waals surface area contributed by atoms with E-state index in [-0.39, 0.29) is 41.7 Å². The molecule has 4 aromatic rings. The largest absolute Gasteiger partial charge is 0.483 e. The van der Waals surface area contributed by atoms with Crippen LogP contribution in [0.1, 0.15) is 27.2 Å². The lowest BCUT2D eigenvalue weighted by molar-refractivity contribution is 0.0696. The molecule has 4 rings (SSSR count). The monoisotopic (exact) mass is 520 g/mol. The summed E-state index contributed by atoms with van der Waals surface area (Å²) >= 11 is 0. The van der Waals surface area contributed by atoms with Crippen LogP contribution in [-0.4, -0.2) is 24.2 Å². The molecular formula is C27H24N2O7S. The summed E-state index contributed by atoms with van der Waals surface area (Å²) in [4.78, 5) is 29.7. The number of hydrogen-bond acceptors (Lipinski definition) is 6. The van der Waals surface area contributed by atoms with Gasteiger partial charge in [0, 0.05) is 6.07 Å². The Morgan fingerprint density at radius 2 is 1.51 bits per heavy atom. The van der Waals surface area contributed by atoms with Gasteiger partial charge in [0.15, 0.2) is 5.75 Å². The topological polar surface area (TPSA) is 124 Å². The second kappa shape index (κ2) is 11.5. The van der Waals surface area contributed by atoms with Crippen molar-refractivity contribution in [1.29, 1.82) is 0 Å². The van der Waals surface area contributed by atoms with Gasteiger partial charge in [0.2, 0.25) is 15.5 Å². The van der Waals surface area contributed by atoms with Crippen molar-refractivity contribution < 1.29 is 27.9 Å². The zero-order valence-corrected chi connectivity index (χ0v) is 20.4. The van der Waals surface area contributed by atoms with Crippen molar-refractivity contribution in [1.82, 2.24) is 9.45 Å². The average Bonchev–Trinajstić information content (AvgIpc) is 2.92. The number of carbonyl (C=O) groups is 1. The first-order valence-electron chi connectivity index (χ1n) is 11.2. The minimum Gasteiger partial charge on any atom is -0.483 e. The maximum Gasteiger partial charge on any atom is 0.335 e. The van der Waals surface area contributed by atoms with Crippen LogP contribution in [-0.2, 0) is 29.8 Å². The number of pyridine rings is 1. The van der Waals surface area contributed by atoms with Crippen molar-refractivity contribution in [2.24, 2.45) is 0 Å². The zero-order chi connectivity index (χ0) is 26.3. The van der Waals surface area contributed by atoms with Gasteiger partial charge in [-0.05, 0) is 29.3 Å². The van der Waals surface area contributed by atoms with Gasteiger partial charge in [0.25, 0.3) is 0 Å². The molecule has 9 nitrogen and oxygen atoms in total. The molecule has 1 heterocycles. The van der Waals surface area contributed by atoms with Crippen LogP contribution in [0.2, 0.25) is 0 Å². The van der Waals surface area contributed by atoms with Crippen LogP contribution in [0.25, 0.3) is 0 Å². The third-order valence-electron chi connectivity index (χ3n) is 5.34. The first kappa shape index (κ1) is 25.7. The number of rotatable bonds is 11. The Morgan fingerprint density at radius 1 is 0.865 bits per heavy atom. The molecule has 190 valence electrons. The summed E-state index contributed by atoms with van der Waals surface area (Å²) in [5.74, 6) is -1.20. The lowest BCUT2D eigenvalue weighted by atomic mass is 10.2. The summed E-state index contributed by atoms with van der Waals surface area (Å²) in [6.45, 7) is 0.0333. The third-order valence-corrected chi connectivity index (χ3v) is 6.74. The van der Waals surface area contributed by atoms with E-state index in [2.05, 4.69) is 4.72 Å².